The fourth-order valence-electron chi connectivity index (χ4n) is 4.61. The standard InChI is InChI=1S/C31H36ClN3O6S/c1-3-16-33-31(37)27(19-23-8-6-5-7-9-23)34(21-24-10-12-25(32)13-11-24)30(36)22-35(42(38,39)4-2)26-14-15-28-29(20-26)41-18-17-40-28/h5-15,20,27H,3-4,16-19,21-22H2,1-2H3,(H,33,37)/t27-/m1/s1. The van der Waals surface area contributed by atoms with Gasteiger partial charge in [-0.2, -0.15) is 0 Å². The minimum absolute atomic E-state index is 0.0776. The lowest BCUT2D eigenvalue weighted by Crippen LogP contribution is -2.53. The molecule has 1 N–H and O–H groups in total. The van der Waals surface area contributed by atoms with Crippen LogP contribution in [0, 0.1) is 0 Å². The van der Waals surface area contributed by atoms with Crippen LogP contribution in [-0.4, -0.2) is 63.2 Å². The second kappa shape index (κ2) is 14.4. The number of fused-ring (bicyclic) bond motifs is 1. The number of hydrogen-bond donors (Lipinski definition) is 1. The van der Waals surface area contributed by atoms with E-state index >= 15 is 0 Å². The number of amides is 2. The van der Waals surface area contributed by atoms with Crippen molar-refractivity contribution in [3.8, 4) is 11.5 Å². The number of carbonyl (C=O) groups excluding carboxylic acids is 2. The molecule has 42 heavy (non-hydrogen) atoms. The Hall–Kier alpha value is -3.76. The molecular weight excluding hydrogens is 578 g/mol. The normalized spacial score (nSPS) is 13.2. The highest BCUT2D eigenvalue weighted by molar-refractivity contribution is 7.92. The third-order valence-corrected chi connectivity index (χ3v) is 8.87. The van der Waals surface area contributed by atoms with Crippen LogP contribution in [0.15, 0.2) is 72.8 Å². The molecule has 9 nitrogen and oxygen atoms in total. The van der Waals surface area contributed by atoms with Crippen molar-refractivity contribution in [1.82, 2.24) is 10.2 Å². The van der Waals surface area contributed by atoms with Gasteiger partial charge in [-0.05, 0) is 48.7 Å². The summed E-state index contributed by atoms with van der Waals surface area (Å²) in [6.45, 7) is 4.21. The summed E-state index contributed by atoms with van der Waals surface area (Å²) in [6, 6.07) is 20.3. The van der Waals surface area contributed by atoms with Crippen LogP contribution in [0.5, 0.6) is 11.5 Å². The molecule has 1 atom stereocenters. The predicted molar refractivity (Wildman–Crippen MR) is 163 cm³/mol. The van der Waals surface area contributed by atoms with Crippen molar-refractivity contribution >= 4 is 39.1 Å². The molecule has 0 saturated carbocycles. The average molecular weight is 614 g/mol. The predicted octanol–water partition coefficient (Wildman–Crippen LogP) is 4.43. The van der Waals surface area contributed by atoms with E-state index in [4.69, 9.17) is 21.1 Å². The van der Waals surface area contributed by atoms with E-state index in [2.05, 4.69) is 5.32 Å². The van der Waals surface area contributed by atoms with Crippen LogP contribution >= 0.6 is 11.6 Å². The van der Waals surface area contributed by atoms with Gasteiger partial charge in [-0.3, -0.25) is 13.9 Å². The molecule has 4 rings (SSSR count). The molecule has 1 heterocycles. The highest BCUT2D eigenvalue weighted by atomic mass is 35.5. The van der Waals surface area contributed by atoms with Crippen molar-refractivity contribution in [2.24, 2.45) is 0 Å². The lowest BCUT2D eigenvalue weighted by atomic mass is 10.0. The van der Waals surface area contributed by atoms with Crippen molar-refractivity contribution in [2.45, 2.75) is 39.3 Å². The summed E-state index contributed by atoms with van der Waals surface area (Å²) >= 11 is 6.10. The number of benzene rings is 3. The molecule has 2 amide bonds. The number of sulfonamides is 1. The first-order chi connectivity index (χ1) is 20.2. The summed E-state index contributed by atoms with van der Waals surface area (Å²) in [5, 5.41) is 3.47. The van der Waals surface area contributed by atoms with Crippen LogP contribution < -0.4 is 19.1 Å². The number of halogens is 1. The SMILES string of the molecule is CCCNC(=O)[C@@H](Cc1ccccc1)N(Cc1ccc(Cl)cc1)C(=O)CN(c1ccc2c(c1)OCCO2)S(=O)(=O)CC. The van der Waals surface area contributed by atoms with E-state index in [1.54, 1.807) is 42.5 Å². The molecule has 0 spiro atoms. The topological polar surface area (TPSA) is 105 Å². The van der Waals surface area contributed by atoms with Gasteiger partial charge in [0, 0.05) is 30.6 Å². The van der Waals surface area contributed by atoms with Gasteiger partial charge in [-0.1, -0.05) is 61.0 Å². The van der Waals surface area contributed by atoms with E-state index in [-0.39, 0.29) is 30.3 Å². The summed E-state index contributed by atoms with van der Waals surface area (Å²) in [5.74, 6) is -0.153. The van der Waals surface area contributed by atoms with E-state index < -0.39 is 28.5 Å². The second-order valence-electron chi connectivity index (χ2n) is 9.88. The van der Waals surface area contributed by atoms with Gasteiger partial charge in [0.15, 0.2) is 11.5 Å². The van der Waals surface area contributed by atoms with Crippen molar-refractivity contribution < 1.29 is 27.5 Å². The third-order valence-electron chi connectivity index (χ3n) is 6.88. The van der Waals surface area contributed by atoms with Crippen LogP contribution in [0.1, 0.15) is 31.4 Å². The highest BCUT2D eigenvalue weighted by Gasteiger charge is 2.34. The number of ether oxygens (including phenoxy) is 2. The first kappa shape index (κ1) is 31.2. The lowest BCUT2D eigenvalue weighted by molar-refractivity contribution is -0.140. The minimum Gasteiger partial charge on any atom is -0.486 e. The van der Waals surface area contributed by atoms with Crippen molar-refractivity contribution in [2.75, 3.05) is 36.4 Å². The van der Waals surface area contributed by atoms with Crippen LogP contribution in [0.4, 0.5) is 5.69 Å². The van der Waals surface area contributed by atoms with Crippen LogP contribution in [-0.2, 0) is 32.6 Å². The molecule has 11 heteroatoms. The zero-order chi connectivity index (χ0) is 30.1. The van der Waals surface area contributed by atoms with Gasteiger partial charge in [0.2, 0.25) is 21.8 Å². The van der Waals surface area contributed by atoms with Gasteiger partial charge in [0.25, 0.3) is 0 Å². The summed E-state index contributed by atoms with van der Waals surface area (Å²) in [5.41, 5.74) is 1.89. The summed E-state index contributed by atoms with van der Waals surface area (Å²) < 4.78 is 39.0. The fraction of sp³-hybridized carbons (Fsp3) is 0.355. The van der Waals surface area contributed by atoms with Gasteiger partial charge in [-0.15, -0.1) is 0 Å². The molecule has 224 valence electrons. The van der Waals surface area contributed by atoms with Crippen LogP contribution in [0.2, 0.25) is 5.02 Å². The van der Waals surface area contributed by atoms with E-state index in [0.717, 1.165) is 21.9 Å². The Morgan fingerprint density at radius 2 is 1.62 bits per heavy atom. The number of anilines is 1. The molecule has 0 radical (unpaired) electrons. The van der Waals surface area contributed by atoms with Crippen molar-refractivity contribution in [3.05, 3.63) is 88.9 Å². The minimum atomic E-state index is -3.89. The highest BCUT2D eigenvalue weighted by Crippen LogP contribution is 2.35. The smallest absolute Gasteiger partial charge is 0.244 e. The molecule has 0 aliphatic carbocycles. The molecule has 3 aromatic carbocycles. The molecule has 3 aromatic rings. The Bertz CT molecular complexity index is 1470. The van der Waals surface area contributed by atoms with Gasteiger partial charge >= 0.3 is 0 Å². The van der Waals surface area contributed by atoms with Crippen molar-refractivity contribution in [1.29, 1.82) is 0 Å². The molecule has 0 saturated heterocycles. The molecule has 0 unspecified atom stereocenters. The van der Waals surface area contributed by atoms with Gasteiger partial charge in [0.1, 0.15) is 25.8 Å². The Morgan fingerprint density at radius 1 is 0.929 bits per heavy atom. The number of nitrogens with zero attached hydrogens (tertiary/aromatic N) is 2. The van der Waals surface area contributed by atoms with Crippen LogP contribution in [0.25, 0.3) is 0 Å². The number of rotatable bonds is 13. The first-order valence-corrected chi connectivity index (χ1v) is 16.0. The monoisotopic (exact) mass is 613 g/mol. The fourth-order valence-corrected chi connectivity index (χ4v) is 5.79. The molecule has 0 fully saturated rings. The van der Waals surface area contributed by atoms with E-state index in [1.807, 2.05) is 37.3 Å². The molecule has 0 bridgehead atoms. The maximum absolute atomic E-state index is 14.2. The van der Waals surface area contributed by atoms with E-state index in [1.165, 1.54) is 11.8 Å². The first-order valence-electron chi connectivity index (χ1n) is 14.0. The number of carbonyl (C=O) groups is 2. The Labute approximate surface area is 252 Å². The Balaban J connectivity index is 1.73. The maximum Gasteiger partial charge on any atom is 0.244 e. The number of hydrogen-bond acceptors (Lipinski definition) is 6. The van der Waals surface area contributed by atoms with E-state index in [9.17, 15) is 18.0 Å². The quantitative estimate of drug-likeness (QED) is 0.306. The zero-order valence-electron chi connectivity index (χ0n) is 23.8. The zero-order valence-corrected chi connectivity index (χ0v) is 25.4. The van der Waals surface area contributed by atoms with Gasteiger partial charge < -0.3 is 19.7 Å². The average Bonchev–Trinajstić information content (AvgIpc) is 3.01. The summed E-state index contributed by atoms with van der Waals surface area (Å²) in [7, 11) is -3.89. The lowest BCUT2D eigenvalue weighted by Gasteiger charge is -2.34. The van der Waals surface area contributed by atoms with Crippen LogP contribution in [0.3, 0.4) is 0 Å². The summed E-state index contributed by atoms with van der Waals surface area (Å²) in [6.07, 6.45) is 0.974. The Kier molecular flexibility index (Phi) is 10.7. The molecule has 0 aromatic heterocycles. The van der Waals surface area contributed by atoms with Gasteiger partial charge in [0.05, 0.1) is 11.4 Å². The van der Waals surface area contributed by atoms with Gasteiger partial charge in [-0.25, -0.2) is 8.42 Å². The summed E-state index contributed by atoms with van der Waals surface area (Å²) in [4.78, 5) is 29.3. The largest absolute Gasteiger partial charge is 0.486 e. The number of nitrogens with one attached hydrogen (secondary N) is 1. The Morgan fingerprint density at radius 3 is 2.29 bits per heavy atom. The van der Waals surface area contributed by atoms with E-state index in [0.29, 0.717) is 36.3 Å². The van der Waals surface area contributed by atoms with Crippen molar-refractivity contribution in [3.63, 3.8) is 0 Å². The molecular formula is C31H36ClN3O6S. The molecule has 1 aliphatic heterocycles. The maximum atomic E-state index is 14.2. The third kappa shape index (κ3) is 7.95. The molecule has 1 aliphatic rings. The second-order valence-corrected chi connectivity index (χ2v) is 12.5.